The van der Waals surface area contributed by atoms with Crippen LogP contribution in [-0.2, 0) is 0 Å². The second-order valence-electron chi connectivity index (χ2n) is 3.56. The van der Waals surface area contributed by atoms with Crippen molar-refractivity contribution in [2.45, 2.75) is 6.04 Å². The summed E-state index contributed by atoms with van der Waals surface area (Å²) in [6.07, 6.45) is 0. The molecule has 1 aromatic rings. The largest absolute Gasteiger partial charge is 0.314 e. The normalized spacial score (nSPS) is 19.9. The van der Waals surface area contributed by atoms with Crippen LogP contribution in [0.3, 0.4) is 0 Å². The molecule has 2 N–H and O–H groups in total. The summed E-state index contributed by atoms with van der Waals surface area (Å²) in [6.45, 7) is 2.78. The molecule has 1 atom stereocenters. The highest BCUT2D eigenvalue weighted by atomic mass is 35.5. The number of non-ortho nitro benzene ring substituents is 1. The smallest absolute Gasteiger partial charge is 0.269 e. The number of nitro benzene ring substituents is 1. The average molecular weight is 244 g/mol. The van der Waals surface area contributed by atoms with Gasteiger partial charge in [0.25, 0.3) is 5.69 Å². The van der Waals surface area contributed by atoms with Crippen molar-refractivity contribution in [1.29, 1.82) is 0 Å². The molecule has 0 saturated carbocycles. The van der Waals surface area contributed by atoms with Crippen molar-refractivity contribution in [3.8, 4) is 0 Å². The molecule has 16 heavy (non-hydrogen) atoms. The third-order valence-electron chi connectivity index (χ3n) is 2.55. The van der Waals surface area contributed by atoms with Crippen molar-refractivity contribution in [1.82, 2.24) is 10.6 Å². The van der Waals surface area contributed by atoms with Crippen molar-refractivity contribution >= 4 is 18.1 Å². The summed E-state index contributed by atoms with van der Waals surface area (Å²) in [4.78, 5) is 10.1. The third kappa shape index (κ3) is 2.91. The minimum absolute atomic E-state index is 0. The van der Waals surface area contributed by atoms with Gasteiger partial charge in [-0.15, -0.1) is 12.4 Å². The second-order valence-corrected chi connectivity index (χ2v) is 3.56. The highest BCUT2D eigenvalue weighted by molar-refractivity contribution is 5.85. The molecule has 0 radical (unpaired) electrons. The van der Waals surface area contributed by atoms with Crippen LogP contribution >= 0.6 is 12.4 Å². The molecule has 0 amide bonds. The second kappa shape index (κ2) is 5.79. The first-order valence-electron chi connectivity index (χ1n) is 4.96. The topological polar surface area (TPSA) is 67.2 Å². The lowest BCUT2D eigenvalue weighted by molar-refractivity contribution is -0.384. The maximum atomic E-state index is 10.5. The molecular formula is C10H14ClN3O2. The Bertz CT molecular complexity index is 350. The van der Waals surface area contributed by atoms with Crippen LogP contribution in [0.1, 0.15) is 11.6 Å². The Hall–Kier alpha value is -1.17. The Kier molecular flexibility index (Phi) is 4.67. The lowest BCUT2D eigenvalue weighted by Crippen LogP contribution is -2.42. The molecular weight excluding hydrogens is 230 g/mol. The lowest BCUT2D eigenvalue weighted by Gasteiger charge is -2.24. The van der Waals surface area contributed by atoms with E-state index in [2.05, 4.69) is 10.6 Å². The molecule has 0 bridgehead atoms. The molecule has 5 nitrogen and oxygen atoms in total. The van der Waals surface area contributed by atoms with Crippen LogP contribution in [0.15, 0.2) is 24.3 Å². The highest BCUT2D eigenvalue weighted by Crippen LogP contribution is 2.18. The lowest BCUT2D eigenvalue weighted by atomic mass is 10.1. The van der Waals surface area contributed by atoms with Crippen LogP contribution in [0.5, 0.6) is 0 Å². The highest BCUT2D eigenvalue weighted by Gasteiger charge is 2.14. The van der Waals surface area contributed by atoms with E-state index in [0.29, 0.717) is 0 Å². The van der Waals surface area contributed by atoms with E-state index in [1.165, 1.54) is 0 Å². The summed E-state index contributed by atoms with van der Waals surface area (Å²) in [7, 11) is 0. The molecule has 1 aliphatic heterocycles. The van der Waals surface area contributed by atoms with Crippen LogP contribution in [0, 0.1) is 10.1 Å². The standard InChI is InChI=1S/C10H13N3O2.ClH/c14-13(15)9-3-1-8(2-4-9)10-7-11-5-6-12-10;/h1-4,10-12H,5-7H2;1H/t10-;/m1./s1. The van der Waals surface area contributed by atoms with Crippen LogP contribution in [-0.4, -0.2) is 24.6 Å². The van der Waals surface area contributed by atoms with Crippen LogP contribution < -0.4 is 10.6 Å². The number of nitrogens with one attached hydrogen (secondary N) is 2. The van der Waals surface area contributed by atoms with Crippen molar-refractivity contribution in [2.24, 2.45) is 0 Å². The van der Waals surface area contributed by atoms with Crippen molar-refractivity contribution < 1.29 is 4.92 Å². The number of piperazine rings is 1. The zero-order chi connectivity index (χ0) is 10.7. The van der Waals surface area contributed by atoms with Gasteiger partial charge in [0, 0.05) is 37.8 Å². The fourth-order valence-corrected chi connectivity index (χ4v) is 1.72. The van der Waals surface area contributed by atoms with Gasteiger partial charge >= 0.3 is 0 Å². The minimum Gasteiger partial charge on any atom is -0.314 e. The van der Waals surface area contributed by atoms with Crippen LogP contribution in [0.25, 0.3) is 0 Å². The fraction of sp³-hybridized carbons (Fsp3) is 0.400. The van der Waals surface area contributed by atoms with Crippen LogP contribution in [0.2, 0.25) is 0 Å². The van der Waals surface area contributed by atoms with Gasteiger partial charge in [-0.25, -0.2) is 0 Å². The predicted octanol–water partition coefficient (Wildman–Crippen LogP) is 1.25. The Morgan fingerprint density at radius 1 is 1.25 bits per heavy atom. The summed E-state index contributed by atoms with van der Waals surface area (Å²) in [5, 5.41) is 17.1. The van der Waals surface area contributed by atoms with E-state index in [1.807, 2.05) is 12.1 Å². The Morgan fingerprint density at radius 3 is 2.44 bits per heavy atom. The van der Waals surface area contributed by atoms with Crippen LogP contribution in [0.4, 0.5) is 5.69 Å². The summed E-state index contributed by atoms with van der Waals surface area (Å²) >= 11 is 0. The van der Waals surface area contributed by atoms with Gasteiger partial charge in [-0.3, -0.25) is 10.1 Å². The first-order valence-corrected chi connectivity index (χ1v) is 4.96. The molecule has 1 saturated heterocycles. The fourth-order valence-electron chi connectivity index (χ4n) is 1.72. The van der Waals surface area contributed by atoms with Gasteiger partial charge in [0.2, 0.25) is 0 Å². The molecule has 0 aliphatic carbocycles. The number of rotatable bonds is 2. The molecule has 6 heteroatoms. The number of hydrogen-bond acceptors (Lipinski definition) is 4. The van der Waals surface area contributed by atoms with E-state index < -0.39 is 0 Å². The van der Waals surface area contributed by atoms with E-state index in [0.717, 1.165) is 25.2 Å². The van der Waals surface area contributed by atoms with E-state index in [9.17, 15) is 10.1 Å². The summed E-state index contributed by atoms with van der Waals surface area (Å²) in [6, 6.07) is 6.97. The molecule has 1 fully saturated rings. The zero-order valence-electron chi connectivity index (χ0n) is 8.68. The number of benzene rings is 1. The molecule has 0 spiro atoms. The Morgan fingerprint density at radius 2 is 1.94 bits per heavy atom. The quantitative estimate of drug-likeness (QED) is 0.606. The summed E-state index contributed by atoms with van der Waals surface area (Å²) < 4.78 is 0. The number of nitro groups is 1. The number of halogens is 1. The van der Waals surface area contributed by atoms with Gasteiger partial charge < -0.3 is 10.6 Å². The molecule has 1 aromatic carbocycles. The van der Waals surface area contributed by atoms with E-state index in [1.54, 1.807) is 12.1 Å². The molecule has 1 heterocycles. The molecule has 2 rings (SSSR count). The first-order chi connectivity index (χ1) is 7.27. The number of nitrogens with zero attached hydrogens (tertiary/aromatic N) is 1. The maximum absolute atomic E-state index is 10.5. The van der Waals surface area contributed by atoms with E-state index in [-0.39, 0.29) is 29.1 Å². The van der Waals surface area contributed by atoms with Gasteiger partial charge in [-0.1, -0.05) is 12.1 Å². The van der Waals surface area contributed by atoms with Crippen molar-refractivity contribution in [3.05, 3.63) is 39.9 Å². The molecule has 0 aromatic heterocycles. The Balaban J connectivity index is 0.00000128. The molecule has 88 valence electrons. The van der Waals surface area contributed by atoms with Gasteiger partial charge in [-0.05, 0) is 5.56 Å². The third-order valence-corrected chi connectivity index (χ3v) is 2.55. The SMILES string of the molecule is Cl.O=[N+]([O-])c1ccc([C@H]2CNCCN2)cc1. The average Bonchev–Trinajstić information content (AvgIpc) is 2.30. The van der Waals surface area contributed by atoms with Crippen molar-refractivity contribution in [2.75, 3.05) is 19.6 Å². The van der Waals surface area contributed by atoms with Gasteiger partial charge in [0.1, 0.15) is 0 Å². The Labute approximate surface area is 99.8 Å². The van der Waals surface area contributed by atoms with E-state index in [4.69, 9.17) is 0 Å². The van der Waals surface area contributed by atoms with Gasteiger partial charge in [-0.2, -0.15) is 0 Å². The van der Waals surface area contributed by atoms with E-state index >= 15 is 0 Å². The van der Waals surface area contributed by atoms with Gasteiger partial charge in [0.15, 0.2) is 0 Å². The minimum atomic E-state index is -0.379. The number of hydrogen-bond donors (Lipinski definition) is 2. The molecule has 1 aliphatic rings. The van der Waals surface area contributed by atoms with Gasteiger partial charge in [0.05, 0.1) is 4.92 Å². The monoisotopic (exact) mass is 243 g/mol. The predicted molar refractivity (Wildman–Crippen MR) is 64.0 cm³/mol. The summed E-state index contributed by atoms with van der Waals surface area (Å²) in [5.41, 5.74) is 1.23. The maximum Gasteiger partial charge on any atom is 0.269 e. The van der Waals surface area contributed by atoms with Crippen molar-refractivity contribution in [3.63, 3.8) is 0 Å². The first kappa shape index (κ1) is 12.9. The zero-order valence-corrected chi connectivity index (χ0v) is 9.50. The summed E-state index contributed by atoms with van der Waals surface area (Å²) in [5.74, 6) is 0. The molecule has 0 unspecified atom stereocenters.